The van der Waals surface area contributed by atoms with Crippen molar-refractivity contribution in [1.82, 2.24) is 4.98 Å². The first-order valence-corrected chi connectivity index (χ1v) is 5.92. The second-order valence-electron chi connectivity index (χ2n) is 4.24. The molecule has 4 nitrogen and oxygen atoms in total. The van der Waals surface area contributed by atoms with E-state index in [1.54, 1.807) is 42.6 Å². The van der Waals surface area contributed by atoms with Gasteiger partial charge in [0.2, 0.25) is 0 Å². The summed E-state index contributed by atoms with van der Waals surface area (Å²) in [6, 6.07) is 10.3. The van der Waals surface area contributed by atoms with Gasteiger partial charge in [-0.3, -0.25) is 14.6 Å². The first-order chi connectivity index (χ1) is 9.08. The van der Waals surface area contributed by atoms with Crippen molar-refractivity contribution in [1.29, 1.82) is 0 Å². The fraction of sp³-hybridized carbons (Fsp3) is 0.133. The highest BCUT2D eigenvalue weighted by Crippen LogP contribution is 2.16. The van der Waals surface area contributed by atoms with Crippen LogP contribution in [0.5, 0.6) is 0 Å². The van der Waals surface area contributed by atoms with Crippen molar-refractivity contribution in [3.63, 3.8) is 0 Å². The Labute approximate surface area is 111 Å². The molecule has 1 heterocycles. The number of nitrogens with one attached hydrogen (secondary N) is 1. The van der Waals surface area contributed by atoms with Crippen molar-refractivity contribution in [2.45, 2.75) is 13.8 Å². The third kappa shape index (κ3) is 3.04. The predicted octanol–water partition coefficient (Wildman–Crippen LogP) is 2.84. The molecule has 0 aliphatic heterocycles. The number of hydrogen-bond donors (Lipinski definition) is 1. The average Bonchev–Trinajstić information content (AvgIpc) is 2.39. The van der Waals surface area contributed by atoms with Gasteiger partial charge in [0.25, 0.3) is 5.91 Å². The number of carbonyl (C=O) groups excluding carboxylic acids is 2. The molecule has 0 saturated heterocycles. The lowest BCUT2D eigenvalue weighted by atomic mass is 10.1. The molecule has 2 rings (SSSR count). The Kier molecular flexibility index (Phi) is 3.71. The number of benzene rings is 1. The first kappa shape index (κ1) is 13.0. The van der Waals surface area contributed by atoms with Crippen LogP contribution in [-0.4, -0.2) is 16.7 Å². The third-order valence-corrected chi connectivity index (χ3v) is 2.71. The highest BCUT2D eigenvalue weighted by atomic mass is 16.1. The number of amides is 1. The Hall–Kier alpha value is -2.49. The van der Waals surface area contributed by atoms with Crippen LogP contribution in [0.2, 0.25) is 0 Å². The van der Waals surface area contributed by atoms with Gasteiger partial charge in [0, 0.05) is 23.0 Å². The van der Waals surface area contributed by atoms with Crippen molar-refractivity contribution in [2.75, 3.05) is 5.32 Å². The summed E-state index contributed by atoms with van der Waals surface area (Å²) in [5.41, 5.74) is 2.31. The summed E-state index contributed by atoms with van der Waals surface area (Å²) in [5.74, 6) is -0.332. The zero-order chi connectivity index (χ0) is 13.8. The molecule has 1 N–H and O–H groups in total. The minimum absolute atomic E-state index is 0.0817. The second-order valence-corrected chi connectivity index (χ2v) is 4.24. The summed E-state index contributed by atoms with van der Waals surface area (Å²) in [6.07, 6.45) is 1.58. The molecular formula is C15H14N2O2. The molecule has 0 spiro atoms. The zero-order valence-corrected chi connectivity index (χ0v) is 10.8. The van der Waals surface area contributed by atoms with Crippen molar-refractivity contribution in [2.24, 2.45) is 0 Å². The van der Waals surface area contributed by atoms with Crippen molar-refractivity contribution < 1.29 is 9.59 Å². The van der Waals surface area contributed by atoms with Crippen LogP contribution in [0.15, 0.2) is 42.6 Å². The van der Waals surface area contributed by atoms with Gasteiger partial charge in [-0.1, -0.05) is 12.1 Å². The Morgan fingerprint density at radius 1 is 1.16 bits per heavy atom. The summed E-state index contributed by atoms with van der Waals surface area (Å²) in [7, 11) is 0. The number of hydrogen-bond acceptors (Lipinski definition) is 3. The number of Topliss-reactive ketones (excluding diaryl/α,β-unsaturated/α-hetero) is 1. The van der Waals surface area contributed by atoms with E-state index >= 15 is 0 Å². The highest BCUT2D eigenvalue weighted by molar-refractivity contribution is 6.08. The molecule has 1 aromatic carbocycles. The van der Waals surface area contributed by atoms with Crippen LogP contribution >= 0.6 is 0 Å². The Morgan fingerprint density at radius 2 is 1.89 bits per heavy atom. The average molecular weight is 254 g/mol. The summed E-state index contributed by atoms with van der Waals surface area (Å²) in [6.45, 7) is 3.29. The number of anilines is 1. The Morgan fingerprint density at radius 3 is 2.58 bits per heavy atom. The van der Waals surface area contributed by atoms with E-state index in [1.165, 1.54) is 6.92 Å². The molecule has 0 unspecified atom stereocenters. The monoisotopic (exact) mass is 254 g/mol. The minimum atomic E-state index is -0.251. The van der Waals surface area contributed by atoms with Gasteiger partial charge in [-0.15, -0.1) is 0 Å². The number of ketones is 1. The van der Waals surface area contributed by atoms with Gasteiger partial charge < -0.3 is 5.32 Å². The number of aryl methyl sites for hydroxylation is 1. The number of carbonyl (C=O) groups is 2. The Balaban J connectivity index is 2.27. The van der Waals surface area contributed by atoms with E-state index in [0.29, 0.717) is 16.8 Å². The molecule has 1 amide bonds. The largest absolute Gasteiger partial charge is 0.321 e. The van der Waals surface area contributed by atoms with Crippen LogP contribution in [-0.2, 0) is 0 Å². The maximum atomic E-state index is 12.1. The van der Waals surface area contributed by atoms with E-state index in [-0.39, 0.29) is 11.7 Å². The molecule has 0 bridgehead atoms. The zero-order valence-electron chi connectivity index (χ0n) is 10.8. The number of nitrogens with zero attached hydrogens (tertiary/aromatic N) is 1. The van der Waals surface area contributed by atoms with Gasteiger partial charge >= 0.3 is 0 Å². The predicted molar refractivity (Wildman–Crippen MR) is 73.4 cm³/mol. The van der Waals surface area contributed by atoms with Gasteiger partial charge in [0.15, 0.2) is 5.78 Å². The molecule has 4 heteroatoms. The van der Waals surface area contributed by atoms with Gasteiger partial charge in [0.05, 0.1) is 5.69 Å². The van der Waals surface area contributed by atoms with Crippen LogP contribution < -0.4 is 5.32 Å². The quantitative estimate of drug-likeness (QED) is 0.857. The number of aromatic nitrogens is 1. The molecule has 0 fully saturated rings. The van der Waals surface area contributed by atoms with E-state index in [2.05, 4.69) is 10.3 Å². The van der Waals surface area contributed by atoms with Crippen LogP contribution in [0.25, 0.3) is 0 Å². The van der Waals surface area contributed by atoms with E-state index in [0.717, 1.165) is 5.69 Å². The summed E-state index contributed by atoms with van der Waals surface area (Å²) < 4.78 is 0. The second kappa shape index (κ2) is 5.44. The van der Waals surface area contributed by atoms with Crippen LogP contribution in [0.1, 0.15) is 33.3 Å². The first-order valence-electron chi connectivity index (χ1n) is 5.92. The van der Waals surface area contributed by atoms with Crippen molar-refractivity contribution in [3.05, 3.63) is 59.4 Å². The molecule has 0 atom stereocenters. The number of pyridine rings is 1. The SMILES string of the molecule is CC(=O)c1ccccc1NC(=O)c1ccnc(C)c1. The lowest BCUT2D eigenvalue weighted by Crippen LogP contribution is -2.14. The molecule has 0 saturated carbocycles. The summed E-state index contributed by atoms with van der Waals surface area (Å²) in [4.78, 5) is 27.6. The smallest absolute Gasteiger partial charge is 0.255 e. The van der Waals surface area contributed by atoms with Crippen LogP contribution in [0.4, 0.5) is 5.69 Å². The van der Waals surface area contributed by atoms with Gasteiger partial charge in [-0.25, -0.2) is 0 Å². The lowest BCUT2D eigenvalue weighted by molar-refractivity contribution is 0.101. The van der Waals surface area contributed by atoms with Crippen molar-refractivity contribution in [3.8, 4) is 0 Å². The molecule has 96 valence electrons. The lowest BCUT2D eigenvalue weighted by Gasteiger charge is -2.09. The molecule has 0 aliphatic rings. The van der Waals surface area contributed by atoms with Crippen LogP contribution in [0, 0.1) is 6.92 Å². The van der Waals surface area contributed by atoms with E-state index < -0.39 is 0 Å². The van der Waals surface area contributed by atoms with E-state index in [1.807, 2.05) is 6.92 Å². The topological polar surface area (TPSA) is 59.1 Å². The van der Waals surface area contributed by atoms with Gasteiger partial charge in [0.1, 0.15) is 0 Å². The maximum absolute atomic E-state index is 12.1. The van der Waals surface area contributed by atoms with Gasteiger partial charge in [-0.2, -0.15) is 0 Å². The third-order valence-electron chi connectivity index (χ3n) is 2.71. The molecule has 0 radical (unpaired) electrons. The molecule has 2 aromatic rings. The minimum Gasteiger partial charge on any atom is -0.321 e. The molecular weight excluding hydrogens is 240 g/mol. The molecule has 1 aromatic heterocycles. The van der Waals surface area contributed by atoms with E-state index in [9.17, 15) is 9.59 Å². The maximum Gasteiger partial charge on any atom is 0.255 e. The van der Waals surface area contributed by atoms with Crippen LogP contribution in [0.3, 0.4) is 0 Å². The highest BCUT2D eigenvalue weighted by Gasteiger charge is 2.11. The summed E-state index contributed by atoms with van der Waals surface area (Å²) in [5, 5.41) is 2.75. The standard InChI is InChI=1S/C15H14N2O2/c1-10-9-12(7-8-16-10)15(19)17-14-6-4-3-5-13(14)11(2)18/h3-9H,1-2H3,(H,17,19). The molecule has 0 aliphatic carbocycles. The van der Waals surface area contributed by atoms with E-state index in [4.69, 9.17) is 0 Å². The number of rotatable bonds is 3. The fourth-order valence-corrected chi connectivity index (χ4v) is 1.78. The normalized spacial score (nSPS) is 10.0. The van der Waals surface area contributed by atoms with Gasteiger partial charge in [-0.05, 0) is 38.1 Å². The van der Waals surface area contributed by atoms with Crippen molar-refractivity contribution >= 4 is 17.4 Å². The number of para-hydroxylation sites is 1. The summed E-state index contributed by atoms with van der Waals surface area (Å²) >= 11 is 0. The Bertz CT molecular complexity index is 636. The fourth-order valence-electron chi connectivity index (χ4n) is 1.78. The molecule has 19 heavy (non-hydrogen) atoms.